The van der Waals surface area contributed by atoms with Gasteiger partial charge in [-0.15, -0.1) is 0 Å². The molecule has 2 aliphatic heterocycles. The number of aliphatic imine (C=N–C) groups is 1. The molecule has 1 fully saturated rings. The number of nitrogens with zero attached hydrogens (tertiary/aromatic N) is 2. The summed E-state index contributed by atoms with van der Waals surface area (Å²) in [7, 11) is 0. The van der Waals surface area contributed by atoms with Crippen molar-refractivity contribution in [3.63, 3.8) is 0 Å². The fraction of sp³-hybridized carbons (Fsp3) is 0.727. The second-order valence-corrected chi connectivity index (χ2v) is 4.16. The van der Waals surface area contributed by atoms with E-state index in [0.717, 1.165) is 0 Å². The van der Waals surface area contributed by atoms with Crippen LogP contribution in [0.2, 0.25) is 0 Å². The van der Waals surface area contributed by atoms with E-state index in [4.69, 9.17) is 17.7 Å². The van der Waals surface area contributed by atoms with E-state index in [0.29, 0.717) is 0 Å². The van der Waals surface area contributed by atoms with E-state index in [2.05, 4.69) is 4.99 Å². The van der Waals surface area contributed by atoms with Crippen molar-refractivity contribution in [1.82, 2.24) is 4.90 Å². The molecule has 102 valence electrons. The summed E-state index contributed by atoms with van der Waals surface area (Å²) in [4.78, 5) is 5.17. The molecule has 5 atom stereocenters. The summed E-state index contributed by atoms with van der Waals surface area (Å²) < 4.78 is 20.8. The molecular formula is C11H18N2O5. The van der Waals surface area contributed by atoms with Gasteiger partial charge in [-0.25, -0.2) is 0 Å². The number of ether oxygens (including phenoxy) is 1. The van der Waals surface area contributed by atoms with Crippen molar-refractivity contribution in [2.24, 2.45) is 4.99 Å². The van der Waals surface area contributed by atoms with E-state index in [1.165, 1.54) is 11.1 Å². The topological polar surface area (TPSA) is 106 Å². The van der Waals surface area contributed by atoms with Gasteiger partial charge in [-0.1, -0.05) is 0 Å². The van der Waals surface area contributed by atoms with Crippen molar-refractivity contribution in [3.8, 4) is 0 Å². The quantitative estimate of drug-likeness (QED) is 0.452. The maximum Gasteiger partial charge on any atom is 0.114 e. The number of hydrogen-bond acceptors (Lipinski definition) is 7. The zero-order chi connectivity index (χ0) is 14.9. The molecule has 1 saturated heterocycles. The standard InChI is InChI=1S/C11H18N2O5/c14-2-1-13-4-7(3-12-6-13)11-10(17)9(16)8(5-15)18-11/h3-4,8-11,14-17H,1-2,5-6H2/t8-,9-,10-,11+/m1/s1/i3D,6D/t6?,8-,9-,10-,11+. The predicted octanol–water partition coefficient (Wildman–Crippen LogP) is -2.31. The number of rotatable bonds is 4. The van der Waals surface area contributed by atoms with Crippen LogP contribution in [0.15, 0.2) is 16.8 Å². The van der Waals surface area contributed by atoms with E-state index >= 15 is 0 Å². The Hall–Kier alpha value is -0.990. The Morgan fingerprint density at radius 2 is 2.28 bits per heavy atom. The lowest BCUT2D eigenvalue weighted by atomic mass is 10.0. The van der Waals surface area contributed by atoms with Crippen molar-refractivity contribution in [2.45, 2.75) is 24.4 Å². The second kappa shape index (κ2) is 5.77. The molecule has 7 heteroatoms. The summed E-state index contributed by atoms with van der Waals surface area (Å²) in [6.07, 6.45) is -3.25. The van der Waals surface area contributed by atoms with Crippen molar-refractivity contribution >= 4 is 6.19 Å². The molecular weight excluding hydrogens is 240 g/mol. The molecule has 4 N–H and O–H groups in total. The van der Waals surface area contributed by atoms with E-state index in [1.54, 1.807) is 0 Å². The Morgan fingerprint density at radius 1 is 1.50 bits per heavy atom. The molecule has 2 aliphatic rings. The third kappa shape index (κ3) is 2.55. The minimum atomic E-state index is -1.28. The molecule has 0 radical (unpaired) electrons. The summed E-state index contributed by atoms with van der Waals surface area (Å²) >= 11 is 0. The Bertz CT molecular complexity index is 420. The largest absolute Gasteiger partial charge is 0.395 e. The van der Waals surface area contributed by atoms with Crippen LogP contribution in [-0.2, 0) is 4.74 Å². The van der Waals surface area contributed by atoms with Gasteiger partial charge in [0.2, 0.25) is 0 Å². The van der Waals surface area contributed by atoms with Crippen molar-refractivity contribution < 1.29 is 27.9 Å². The lowest BCUT2D eigenvalue weighted by Crippen LogP contribution is -2.36. The molecule has 0 amide bonds. The van der Waals surface area contributed by atoms with Crippen LogP contribution in [0, 0.1) is 0 Å². The van der Waals surface area contributed by atoms with Crippen LogP contribution in [0.5, 0.6) is 0 Å². The molecule has 0 aromatic heterocycles. The maximum absolute atomic E-state index is 9.93. The number of β-amino-alcohol motifs (C(OH)–C–C–N with tert-alkyl or cyclic N) is 1. The van der Waals surface area contributed by atoms with E-state index in [1.807, 2.05) is 0 Å². The van der Waals surface area contributed by atoms with Gasteiger partial charge in [0, 0.05) is 24.5 Å². The highest BCUT2D eigenvalue weighted by molar-refractivity contribution is 5.80. The van der Waals surface area contributed by atoms with Gasteiger partial charge < -0.3 is 30.1 Å². The number of hydrogen-bond donors (Lipinski definition) is 4. The van der Waals surface area contributed by atoms with E-state index in [-0.39, 0.29) is 24.9 Å². The Labute approximate surface area is 107 Å². The first-order valence-corrected chi connectivity index (χ1v) is 5.67. The monoisotopic (exact) mass is 260 g/mol. The smallest absolute Gasteiger partial charge is 0.114 e. The molecule has 7 nitrogen and oxygen atoms in total. The van der Waals surface area contributed by atoms with Crippen molar-refractivity contribution in [2.75, 3.05) is 26.4 Å². The van der Waals surface area contributed by atoms with Crippen molar-refractivity contribution in [1.29, 1.82) is 0 Å². The SMILES string of the molecule is [2H]C1=NC([2H])N(CCO)C=C1[C@@H]1O[C@H](CO)[C@@H](O)[C@H]1O. The first kappa shape index (κ1) is 10.9. The van der Waals surface area contributed by atoms with Crippen LogP contribution in [0.25, 0.3) is 0 Å². The summed E-state index contributed by atoms with van der Waals surface area (Å²) in [6, 6.07) is 0. The Balaban J connectivity index is 2.22. The van der Waals surface area contributed by atoms with Gasteiger partial charge >= 0.3 is 0 Å². The summed E-state index contributed by atoms with van der Waals surface area (Å²) in [5.74, 6) is 0. The molecule has 2 heterocycles. The average Bonchev–Trinajstić information content (AvgIpc) is 2.70. The highest BCUT2D eigenvalue weighted by Crippen LogP contribution is 2.26. The summed E-state index contributed by atoms with van der Waals surface area (Å²) in [6.45, 7) is -1.51. The average molecular weight is 260 g/mol. The first-order chi connectivity index (χ1) is 9.49. The molecule has 0 aromatic carbocycles. The van der Waals surface area contributed by atoms with Crippen LogP contribution in [0.1, 0.15) is 2.74 Å². The minimum absolute atomic E-state index is 0.156. The van der Waals surface area contributed by atoms with Gasteiger partial charge in [0.1, 0.15) is 31.1 Å². The van der Waals surface area contributed by atoms with Gasteiger partial charge in [-0.3, -0.25) is 4.99 Å². The van der Waals surface area contributed by atoms with Gasteiger partial charge in [0.05, 0.1) is 16.0 Å². The fourth-order valence-electron chi connectivity index (χ4n) is 1.95. The molecule has 0 saturated carbocycles. The molecule has 0 bridgehead atoms. The number of aliphatic hydroxyl groups excluding tert-OH is 4. The summed E-state index contributed by atoms with van der Waals surface area (Å²) in [5.41, 5.74) is 0.212. The normalized spacial score (nSPS) is 42.2. The molecule has 18 heavy (non-hydrogen) atoms. The Kier molecular flexibility index (Phi) is 3.49. The zero-order valence-corrected chi connectivity index (χ0v) is 9.68. The highest BCUT2D eigenvalue weighted by atomic mass is 16.6. The molecule has 0 aromatic rings. The third-order valence-corrected chi connectivity index (χ3v) is 2.91. The van der Waals surface area contributed by atoms with Crippen LogP contribution in [0.4, 0.5) is 0 Å². The zero-order valence-electron chi connectivity index (χ0n) is 11.7. The lowest BCUT2D eigenvalue weighted by Gasteiger charge is -2.25. The molecule has 0 spiro atoms. The van der Waals surface area contributed by atoms with Gasteiger partial charge in [-0.05, 0) is 0 Å². The van der Waals surface area contributed by atoms with Crippen LogP contribution in [0.3, 0.4) is 0 Å². The summed E-state index contributed by atoms with van der Waals surface area (Å²) in [5, 5.41) is 37.6. The second-order valence-electron chi connectivity index (χ2n) is 4.16. The molecule has 2 rings (SSSR count). The van der Waals surface area contributed by atoms with E-state index < -0.39 is 37.7 Å². The van der Waals surface area contributed by atoms with Crippen molar-refractivity contribution in [3.05, 3.63) is 11.8 Å². The van der Waals surface area contributed by atoms with Crippen LogP contribution < -0.4 is 0 Å². The molecule has 1 unspecified atom stereocenters. The number of aliphatic hydroxyl groups is 4. The van der Waals surface area contributed by atoms with Crippen LogP contribution >= 0.6 is 0 Å². The minimum Gasteiger partial charge on any atom is -0.395 e. The van der Waals surface area contributed by atoms with Crippen LogP contribution in [-0.4, -0.2) is 82.3 Å². The Morgan fingerprint density at radius 3 is 2.89 bits per heavy atom. The third-order valence-electron chi connectivity index (χ3n) is 2.91. The van der Waals surface area contributed by atoms with Gasteiger partial charge in [0.15, 0.2) is 0 Å². The maximum atomic E-state index is 9.93. The van der Waals surface area contributed by atoms with Gasteiger partial charge in [-0.2, -0.15) is 0 Å². The first-order valence-electron chi connectivity index (χ1n) is 6.75. The molecule has 0 aliphatic carbocycles. The van der Waals surface area contributed by atoms with E-state index in [9.17, 15) is 10.2 Å². The lowest BCUT2D eigenvalue weighted by molar-refractivity contribution is -0.0133. The van der Waals surface area contributed by atoms with Gasteiger partial charge in [0.25, 0.3) is 0 Å². The highest BCUT2D eigenvalue weighted by Gasteiger charge is 2.43. The predicted molar refractivity (Wildman–Crippen MR) is 63.0 cm³/mol. The fourth-order valence-corrected chi connectivity index (χ4v) is 1.95.